The molecule has 0 spiro atoms. The second-order valence-corrected chi connectivity index (χ2v) is 2.50. The molecule has 0 N–H and O–H groups in total. The Balaban J connectivity index is -0.000000500. The van der Waals surface area contributed by atoms with Crippen molar-refractivity contribution in [2.75, 3.05) is 0 Å². The molecule has 6 heteroatoms. The number of carbonyl (C=O) groups is 2. The van der Waals surface area contributed by atoms with Gasteiger partial charge in [0.15, 0.2) is 0 Å². The number of hydrogen-bond acceptors (Lipinski definition) is 4. The summed E-state index contributed by atoms with van der Waals surface area (Å²) in [7, 11) is 0. The number of carbonyl (C=O) groups excluding carboxylic acids is 2. The van der Waals surface area contributed by atoms with Crippen molar-refractivity contribution in [3.05, 3.63) is 0 Å². The fraction of sp³-hybridized carbons (Fsp3) is 0.714. The smallest absolute Gasteiger partial charge is 0.549 e. The molecule has 0 saturated heterocycles. The summed E-state index contributed by atoms with van der Waals surface area (Å²) >= 11 is 0. The van der Waals surface area contributed by atoms with Gasteiger partial charge in [0.25, 0.3) is 0 Å². The number of aliphatic carboxylic acids is 2. The van der Waals surface area contributed by atoms with E-state index in [1.54, 1.807) is 6.92 Å². The number of carboxylic acids is 2. The molecule has 0 amide bonds. The Morgan fingerprint density at radius 2 is 1.54 bits per heavy atom. The molecule has 1 unspecified atom stereocenters. The van der Waals surface area contributed by atoms with Gasteiger partial charge < -0.3 is 19.8 Å². The van der Waals surface area contributed by atoms with Crippen LogP contribution < -0.4 is 80.5 Å². The van der Waals surface area contributed by atoms with Crippen molar-refractivity contribution >= 4 is 11.9 Å². The number of hydrogen-bond donors (Lipinski definition) is 0. The van der Waals surface area contributed by atoms with Crippen LogP contribution in [0.25, 0.3) is 0 Å². The van der Waals surface area contributed by atoms with E-state index in [9.17, 15) is 19.8 Å². The van der Waals surface area contributed by atoms with Crippen molar-refractivity contribution in [3.63, 3.8) is 0 Å². The van der Waals surface area contributed by atoms with E-state index in [-0.39, 0.29) is 70.2 Å². The largest absolute Gasteiger partial charge is 1.00 e. The van der Waals surface area contributed by atoms with E-state index in [0.717, 1.165) is 0 Å². The van der Waals surface area contributed by atoms with Gasteiger partial charge in [-0.15, -0.1) is 0 Å². The molecular formula is C7H10KLiO4. The molecule has 0 aromatic heterocycles. The van der Waals surface area contributed by atoms with E-state index in [4.69, 9.17) is 0 Å². The monoisotopic (exact) mass is 204 g/mol. The van der Waals surface area contributed by atoms with Crippen LogP contribution in [-0.4, -0.2) is 11.9 Å². The van der Waals surface area contributed by atoms with Gasteiger partial charge in [-0.05, 0) is 5.92 Å². The normalized spacial score (nSPS) is 11.0. The molecule has 0 aromatic rings. The van der Waals surface area contributed by atoms with Crippen LogP contribution in [0.1, 0.15) is 20.3 Å². The Bertz CT molecular complexity index is 160. The minimum absolute atomic E-state index is 0. The molecule has 0 aromatic carbocycles. The Hall–Kier alpha value is 1.17. The summed E-state index contributed by atoms with van der Waals surface area (Å²) in [6.07, 6.45) is 0.479. The molecular weight excluding hydrogens is 194 g/mol. The molecule has 0 aliphatic heterocycles. The van der Waals surface area contributed by atoms with Crippen LogP contribution in [0, 0.1) is 11.8 Å². The van der Waals surface area contributed by atoms with E-state index in [0.29, 0.717) is 6.42 Å². The Morgan fingerprint density at radius 1 is 1.23 bits per heavy atom. The van der Waals surface area contributed by atoms with Crippen LogP contribution in [-0.2, 0) is 9.59 Å². The first-order chi connectivity index (χ1) is 5.00. The van der Waals surface area contributed by atoms with Crippen molar-refractivity contribution in [3.8, 4) is 0 Å². The third-order valence-electron chi connectivity index (χ3n) is 1.72. The molecule has 0 aliphatic carbocycles. The van der Waals surface area contributed by atoms with Crippen LogP contribution in [0.3, 0.4) is 0 Å². The van der Waals surface area contributed by atoms with E-state index in [2.05, 4.69) is 0 Å². The first-order valence-electron chi connectivity index (χ1n) is 3.42. The third-order valence-corrected chi connectivity index (χ3v) is 1.72. The fourth-order valence-electron chi connectivity index (χ4n) is 0.797. The zero-order valence-corrected chi connectivity index (χ0v) is 11.6. The Kier molecular flexibility index (Phi) is 14.7. The molecule has 0 aliphatic rings. The number of carboxylic acid groups (broad SMARTS) is 2. The summed E-state index contributed by atoms with van der Waals surface area (Å²) in [6.45, 7) is 3.25. The van der Waals surface area contributed by atoms with Crippen LogP contribution >= 0.6 is 0 Å². The maximum absolute atomic E-state index is 10.2. The molecule has 4 nitrogen and oxygen atoms in total. The Morgan fingerprint density at radius 3 is 1.62 bits per heavy atom. The van der Waals surface area contributed by atoms with Gasteiger partial charge in [-0.1, -0.05) is 20.3 Å². The molecule has 0 heterocycles. The number of rotatable bonds is 4. The molecule has 0 saturated carbocycles. The zero-order valence-electron chi connectivity index (χ0n) is 8.49. The van der Waals surface area contributed by atoms with Gasteiger partial charge >= 0.3 is 70.2 Å². The van der Waals surface area contributed by atoms with Crippen molar-refractivity contribution in [2.24, 2.45) is 11.8 Å². The van der Waals surface area contributed by atoms with Crippen LogP contribution in [0.15, 0.2) is 0 Å². The van der Waals surface area contributed by atoms with Crippen LogP contribution in [0.2, 0.25) is 0 Å². The van der Waals surface area contributed by atoms with E-state index in [1.807, 2.05) is 0 Å². The summed E-state index contributed by atoms with van der Waals surface area (Å²) in [4.78, 5) is 20.4. The first-order valence-corrected chi connectivity index (χ1v) is 3.42. The van der Waals surface area contributed by atoms with Gasteiger partial charge in [0, 0.05) is 5.92 Å². The second-order valence-electron chi connectivity index (χ2n) is 2.50. The molecule has 64 valence electrons. The summed E-state index contributed by atoms with van der Waals surface area (Å²) in [5.74, 6) is -5.07. The molecule has 0 rings (SSSR count). The van der Waals surface area contributed by atoms with E-state index >= 15 is 0 Å². The van der Waals surface area contributed by atoms with Gasteiger partial charge in [0.1, 0.15) is 0 Å². The standard InChI is InChI=1S/C7H12O4.K.Li/c1-3-4(2)5(6(8)9)7(10)11;;/h4-5H,3H2,1-2H3,(H,8,9)(H,10,11);;/q;2*+1/p-2. The molecule has 13 heavy (non-hydrogen) atoms. The third kappa shape index (κ3) is 7.14. The van der Waals surface area contributed by atoms with Crippen molar-refractivity contribution in [1.29, 1.82) is 0 Å². The summed E-state index contributed by atoms with van der Waals surface area (Å²) < 4.78 is 0. The van der Waals surface area contributed by atoms with Crippen molar-refractivity contribution in [2.45, 2.75) is 20.3 Å². The van der Waals surface area contributed by atoms with Crippen molar-refractivity contribution < 1.29 is 90.0 Å². The SMILES string of the molecule is CCC(C)C(C(=O)[O-])C(=O)[O-].[K+].[Li+]. The average Bonchev–Trinajstić information content (AvgIpc) is 1.85. The van der Waals surface area contributed by atoms with Crippen molar-refractivity contribution in [1.82, 2.24) is 0 Å². The van der Waals surface area contributed by atoms with Gasteiger partial charge in [-0.2, -0.15) is 0 Å². The molecule has 1 atom stereocenters. The topological polar surface area (TPSA) is 80.3 Å². The second kappa shape index (κ2) is 9.72. The predicted octanol–water partition coefficient (Wildman–Crippen LogP) is -7.84. The van der Waals surface area contributed by atoms with Gasteiger partial charge in [0.05, 0.1) is 11.9 Å². The maximum Gasteiger partial charge on any atom is 1.00 e. The predicted molar refractivity (Wildman–Crippen MR) is 33.0 cm³/mol. The minimum Gasteiger partial charge on any atom is -0.549 e. The minimum atomic E-state index is -1.57. The van der Waals surface area contributed by atoms with Gasteiger partial charge in [-0.3, -0.25) is 0 Å². The van der Waals surface area contributed by atoms with Crippen LogP contribution in [0.5, 0.6) is 0 Å². The fourth-order valence-corrected chi connectivity index (χ4v) is 0.797. The average molecular weight is 204 g/mol. The van der Waals surface area contributed by atoms with Crippen LogP contribution in [0.4, 0.5) is 0 Å². The first kappa shape index (κ1) is 19.7. The quantitative estimate of drug-likeness (QED) is 0.336. The van der Waals surface area contributed by atoms with E-state index < -0.39 is 23.8 Å². The maximum atomic E-state index is 10.2. The molecule has 0 radical (unpaired) electrons. The summed E-state index contributed by atoms with van der Waals surface area (Å²) in [5.41, 5.74) is 0. The zero-order chi connectivity index (χ0) is 9.02. The summed E-state index contributed by atoms with van der Waals surface area (Å²) in [6, 6.07) is 0. The molecule has 0 fully saturated rings. The van der Waals surface area contributed by atoms with Gasteiger partial charge in [-0.25, -0.2) is 0 Å². The van der Waals surface area contributed by atoms with Gasteiger partial charge in [0.2, 0.25) is 0 Å². The van der Waals surface area contributed by atoms with E-state index in [1.165, 1.54) is 6.92 Å². The Labute approximate surface area is 132 Å². The summed E-state index contributed by atoms with van der Waals surface area (Å²) in [5, 5.41) is 20.4. The molecule has 0 bridgehead atoms.